The van der Waals surface area contributed by atoms with Gasteiger partial charge in [-0.05, 0) is 36.8 Å². The van der Waals surface area contributed by atoms with E-state index < -0.39 is 0 Å². The number of aromatic nitrogens is 1. The molecule has 1 amide bonds. The zero-order valence-corrected chi connectivity index (χ0v) is 15.2. The number of thioether (sulfide) groups is 1. The van der Waals surface area contributed by atoms with Crippen molar-refractivity contribution in [2.75, 3.05) is 6.79 Å². The van der Waals surface area contributed by atoms with Crippen LogP contribution in [0.3, 0.4) is 0 Å². The van der Waals surface area contributed by atoms with E-state index in [0.29, 0.717) is 6.54 Å². The third-order valence-electron chi connectivity index (χ3n) is 3.82. The average molecular weight is 372 g/mol. The molecule has 0 bridgehead atoms. The summed E-state index contributed by atoms with van der Waals surface area (Å²) in [5.74, 6) is 1.46. The Morgan fingerprint density at radius 1 is 1.28 bits per heavy atom. The Balaban J connectivity index is 1.35. The Morgan fingerprint density at radius 3 is 3.00 bits per heavy atom. The van der Waals surface area contributed by atoms with Gasteiger partial charge in [0, 0.05) is 6.54 Å². The summed E-state index contributed by atoms with van der Waals surface area (Å²) in [6, 6.07) is 13.7. The second kappa shape index (κ2) is 6.93. The highest BCUT2D eigenvalue weighted by Crippen LogP contribution is 2.33. The number of carbonyl (C=O) groups excluding carboxylic acids is 1. The molecule has 2 heterocycles. The fourth-order valence-corrected chi connectivity index (χ4v) is 4.73. The van der Waals surface area contributed by atoms with Crippen LogP contribution in [0.25, 0.3) is 10.2 Å². The van der Waals surface area contributed by atoms with Crippen molar-refractivity contribution in [1.29, 1.82) is 0 Å². The average Bonchev–Trinajstić information content (AvgIpc) is 3.24. The van der Waals surface area contributed by atoms with Crippen LogP contribution in [-0.2, 0) is 11.3 Å². The van der Waals surface area contributed by atoms with Gasteiger partial charge in [0.1, 0.15) is 0 Å². The maximum atomic E-state index is 12.4. The largest absolute Gasteiger partial charge is 0.454 e. The minimum absolute atomic E-state index is 0.0121. The number of para-hydroxylation sites is 1. The van der Waals surface area contributed by atoms with E-state index in [9.17, 15) is 4.79 Å². The molecular formula is C18H16N2O3S2. The zero-order valence-electron chi connectivity index (χ0n) is 13.5. The summed E-state index contributed by atoms with van der Waals surface area (Å²) in [6.07, 6.45) is 0. The van der Waals surface area contributed by atoms with Crippen molar-refractivity contribution in [2.24, 2.45) is 0 Å². The Hall–Kier alpha value is -2.25. The molecule has 0 saturated heterocycles. The molecule has 0 radical (unpaired) electrons. The summed E-state index contributed by atoms with van der Waals surface area (Å²) in [6.45, 7) is 2.60. The van der Waals surface area contributed by atoms with Gasteiger partial charge in [0.2, 0.25) is 12.7 Å². The standard InChI is InChI=1S/C18H16N2O3S2/c1-11(24-18-20-13-4-2-3-5-16(13)25-18)17(21)19-9-12-6-7-14-15(8-12)23-10-22-14/h2-8,11H,9-10H2,1H3,(H,19,21)/t11-/m1/s1. The van der Waals surface area contributed by atoms with Gasteiger partial charge in [0.25, 0.3) is 0 Å². The molecule has 1 aliphatic rings. The lowest BCUT2D eigenvalue weighted by atomic mass is 10.2. The molecule has 1 atom stereocenters. The molecule has 7 heteroatoms. The van der Waals surface area contributed by atoms with Crippen molar-refractivity contribution in [3.05, 3.63) is 48.0 Å². The Labute approximate surface area is 153 Å². The van der Waals surface area contributed by atoms with E-state index in [1.54, 1.807) is 11.3 Å². The van der Waals surface area contributed by atoms with Gasteiger partial charge in [-0.25, -0.2) is 4.98 Å². The molecule has 0 saturated carbocycles. The summed E-state index contributed by atoms with van der Waals surface area (Å²) in [5.41, 5.74) is 1.96. The number of hydrogen-bond donors (Lipinski definition) is 1. The van der Waals surface area contributed by atoms with Gasteiger partial charge < -0.3 is 14.8 Å². The number of nitrogens with zero attached hydrogens (tertiary/aromatic N) is 1. The molecule has 0 fully saturated rings. The Kier molecular flexibility index (Phi) is 4.50. The second-order valence-electron chi connectivity index (χ2n) is 5.61. The smallest absolute Gasteiger partial charge is 0.233 e. The van der Waals surface area contributed by atoms with Crippen molar-refractivity contribution in [1.82, 2.24) is 10.3 Å². The van der Waals surface area contributed by atoms with Gasteiger partial charge in [-0.2, -0.15) is 0 Å². The topological polar surface area (TPSA) is 60.5 Å². The van der Waals surface area contributed by atoms with E-state index in [1.165, 1.54) is 11.8 Å². The molecule has 1 aliphatic heterocycles. The third-order valence-corrected chi connectivity index (χ3v) is 6.06. The number of ether oxygens (including phenoxy) is 2. The fraction of sp³-hybridized carbons (Fsp3) is 0.222. The lowest BCUT2D eigenvalue weighted by Gasteiger charge is -2.10. The SMILES string of the molecule is C[C@@H](Sc1nc2ccccc2s1)C(=O)NCc1ccc2c(c1)OCO2. The first-order valence-electron chi connectivity index (χ1n) is 7.87. The number of fused-ring (bicyclic) bond motifs is 2. The van der Waals surface area contributed by atoms with Crippen LogP contribution in [0.4, 0.5) is 0 Å². The highest BCUT2D eigenvalue weighted by Gasteiger charge is 2.18. The summed E-state index contributed by atoms with van der Waals surface area (Å²) in [7, 11) is 0. The molecule has 128 valence electrons. The van der Waals surface area contributed by atoms with Gasteiger partial charge in [0.05, 0.1) is 15.5 Å². The van der Waals surface area contributed by atoms with Crippen LogP contribution >= 0.6 is 23.1 Å². The molecule has 2 aromatic carbocycles. The van der Waals surface area contributed by atoms with E-state index in [1.807, 2.05) is 49.4 Å². The zero-order chi connectivity index (χ0) is 17.2. The number of benzene rings is 2. The van der Waals surface area contributed by atoms with E-state index in [4.69, 9.17) is 9.47 Å². The van der Waals surface area contributed by atoms with Crippen molar-refractivity contribution in [3.63, 3.8) is 0 Å². The van der Waals surface area contributed by atoms with E-state index in [0.717, 1.165) is 31.6 Å². The summed E-state index contributed by atoms with van der Waals surface area (Å²) < 4.78 is 12.7. The number of rotatable bonds is 5. The van der Waals surface area contributed by atoms with Crippen LogP contribution in [-0.4, -0.2) is 22.9 Å². The van der Waals surface area contributed by atoms with Crippen molar-refractivity contribution in [2.45, 2.75) is 23.1 Å². The highest BCUT2D eigenvalue weighted by atomic mass is 32.2. The minimum atomic E-state index is -0.213. The van der Waals surface area contributed by atoms with Gasteiger partial charge in [-0.3, -0.25) is 4.79 Å². The first-order chi connectivity index (χ1) is 12.2. The molecule has 1 aromatic heterocycles. The van der Waals surface area contributed by atoms with Crippen LogP contribution < -0.4 is 14.8 Å². The van der Waals surface area contributed by atoms with E-state index in [2.05, 4.69) is 10.3 Å². The van der Waals surface area contributed by atoms with Crippen molar-refractivity contribution < 1.29 is 14.3 Å². The van der Waals surface area contributed by atoms with Crippen molar-refractivity contribution >= 4 is 39.2 Å². The van der Waals surface area contributed by atoms with Gasteiger partial charge in [-0.1, -0.05) is 30.0 Å². The number of hydrogen-bond acceptors (Lipinski definition) is 6. The summed E-state index contributed by atoms with van der Waals surface area (Å²) in [4.78, 5) is 16.9. The quantitative estimate of drug-likeness (QED) is 0.690. The highest BCUT2D eigenvalue weighted by molar-refractivity contribution is 8.02. The van der Waals surface area contributed by atoms with Gasteiger partial charge in [-0.15, -0.1) is 11.3 Å². The van der Waals surface area contributed by atoms with Crippen LogP contribution in [0.2, 0.25) is 0 Å². The molecule has 0 aliphatic carbocycles. The van der Waals surface area contributed by atoms with Crippen LogP contribution in [0.5, 0.6) is 11.5 Å². The second-order valence-corrected chi connectivity index (χ2v) is 8.23. The Bertz CT molecular complexity index is 893. The predicted octanol–water partition coefficient (Wildman–Crippen LogP) is 3.82. The lowest BCUT2D eigenvalue weighted by molar-refractivity contribution is -0.120. The van der Waals surface area contributed by atoms with E-state index >= 15 is 0 Å². The molecule has 5 nitrogen and oxygen atoms in total. The number of nitrogens with one attached hydrogen (secondary N) is 1. The third kappa shape index (κ3) is 3.57. The maximum absolute atomic E-state index is 12.4. The maximum Gasteiger partial charge on any atom is 0.233 e. The molecule has 3 aromatic rings. The van der Waals surface area contributed by atoms with Crippen LogP contribution in [0.15, 0.2) is 46.8 Å². The van der Waals surface area contributed by atoms with Gasteiger partial charge in [0.15, 0.2) is 15.8 Å². The van der Waals surface area contributed by atoms with Crippen molar-refractivity contribution in [3.8, 4) is 11.5 Å². The lowest BCUT2D eigenvalue weighted by Crippen LogP contribution is -2.30. The normalized spacial score (nSPS) is 13.8. The first-order valence-corrected chi connectivity index (χ1v) is 9.57. The number of carbonyl (C=O) groups is 1. The molecule has 0 unspecified atom stereocenters. The molecular weight excluding hydrogens is 356 g/mol. The molecule has 1 N–H and O–H groups in total. The molecule has 4 rings (SSSR count). The Morgan fingerprint density at radius 2 is 2.12 bits per heavy atom. The first kappa shape index (κ1) is 16.2. The predicted molar refractivity (Wildman–Crippen MR) is 99.4 cm³/mol. The fourth-order valence-electron chi connectivity index (χ4n) is 2.49. The van der Waals surface area contributed by atoms with Crippen LogP contribution in [0, 0.1) is 0 Å². The summed E-state index contributed by atoms with van der Waals surface area (Å²) in [5, 5.41) is 2.75. The minimum Gasteiger partial charge on any atom is -0.454 e. The van der Waals surface area contributed by atoms with Crippen LogP contribution in [0.1, 0.15) is 12.5 Å². The number of amides is 1. The molecule has 25 heavy (non-hydrogen) atoms. The summed E-state index contributed by atoms with van der Waals surface area (Å²) >= 11 is 3.10. The molecule has 0 spiro atoms. The van der Waals surface area contributed by atoms with E-state index in [-0.39, 0.29) is 18.0 Å². The number of thiazole rings is 1. The monoisotopic (exact) mass is 372 g/mol. The van der Waals surface area contributed by atoms with Gasteiger partial charge >= 0.3 is 0 Å².